The number of likely N-dealkylation sites (tertiary alicyclic amines) is 1. The number of carboxylic acids is 1. The number of carbonyl (C=O) groups is 2. The van der Waals surface area contributed by atoms with Gasteiger partial charge in [0.1, 0.15) is 5.75 Å². The smallest absolute Gasteiger partial charge is 0.490 e. The molecule has 11 heteroatoms. The maximum absolute atomic E-state index is 11.5. The molecule has 0 unspecified atom stereocenters. The van der Waals surface area contributed by atoms with Crippen LogP contribution < -0.4 is 21.1 Å². The van der Waals surface area contributed by atoms with Crippen molar-refractivity contribution in [3.8, 4) is 5.75 Å². The second-order valence-corrected chi connectivity index (χ2v) is 6.37. The molecule has 0 aromatic heterocycles. The third-order valence-corrected chi connectivity index (χ3v) is 4.32. The van der Waals surface area contributed by atoms with Gasteiger partial charge in [0.15, 0.2) is 0 Å². The molecule has 1 saturated heterocycles. The van der Waals surface area contributed by atoms with Crippen molar-refractivity contribution in [3.05, 3.63) is 24.3 Å². The highest BCUT2D eigenvalue weighted by Crippen LogP contribution is 2.34. The molecule has 8 nitrogen and oxygen atoms in total. The van der Waals surface area contributed by atoms with E-state index in [0.29, 0.717) is 17.0 Å². The van der Waals surface area contributed by atoms with E-state index in [2.05, 4.69) is 16.4 Å². The number of hydrogen-bond acceptors (Lipinski definition) is 6. The minimum atomic E-state index is -5.08. The van der Waals surface area contributed by atoms with Crippen LogP contribution in [0.4, 0.5) is 24.5 Å². The number of aliphatic carboxylic acids is 1. The van der Waals surface area contributed by atoms with Crippen LogP contribution in [0.3, 0.4) is 0 Å². The summed E-state index contributed by atoms with van der Waals surface area (Å²) in [7, 11) is 3.54. The van der Waals surface area contributed by atoms with Crippen LogP contribution in [0.2, 0.25) is 0 Å². The molecule has 5 N–H and O–H groups in total. The fourth-order valence-corrected chi connectivity index (χ4v) is 2.47. The number of nitrogens with two attached hydrogens (primary N) is 2. The van der Waals surface area contributed by atoms with Gasteiger partial charge in [0.25, 0.3) is 0 Å². The maximum Gasteiger partial charge on any atom is 0.490 e. The molecule has 1 fully saturated rings. The van der Waals surface area contributed by atoms with E-state index < -0.39 is 18.1 Å². The Kier molecular flexibility index (Phi) is 8.31. The van der Waals surface area contributed by atoms with Crippen molar-refractivity contribution >= 4 is 28.8 Å². The van der Waals surface area contributed by atoms with Gasteiger partial charge in [-0.05, 0) is 25.6 Å². The predicted molar refractivity (Wildman–Crippen MR) is 104 cm³/mol. The zero-order valence-corrected chi connectivity index (χ0v) is 16.3. The third kappa shape index (κ3) is 6.86. The number of carboxylic acid groups (broad SMARTS) is 1. The number of methoxy groups -OCH3 is 1. The van der Waals surface area contributed by atoms with E-state index in [1.807, 2.05) is 13.1 Å². The third-order valence-electron chi connectivity index (χ3n) is 4.32. The van der Waals surface area contributed by atoms with Crippen LogP contribution >= 0.6 is 0 Å². The van der Waals surface area contributed by atoms with E-state index in [4.69, 9.17) is 26.1 Å². The quantitative estimate of drug-likeness (QED) is 0.454. The molecule has 29 heavy (non-hydrogen) atoms. The number of halogens is 3. The van der Waals surface area contributed by atoms with Crippen molar-refractivity contribution in [2.24, 2.45) is 5.73 Å². The number of nitrogen functional groups attached to an aromatic ring is 1. The van der Waals surface area contributed by atoms with Gasteiger partial charge in [-0.25, -0.2) is 4.79 Å². The summed E-state index contributed by atoms with van der Waals surface area (Å²) in [4.78, 5) is 24.8. The number of primary amides is 1. The molecular formula is C18H25F3N4O4. The molecule has 2 rings (SSSR count). The number of rotatable bonds is 7. The van der Waals surface area contributed by atoms with E-state index in [1.54, 1.807) is 13.2 Å². The Hall–Kier alpha value is -2.95. The highest BCUT2D eigenvalue weighted by atomic mass is 19.4. The lowest BCUT2D eigenvalue weighted by molar-refractivity contribution is -0.192. The number of hydrogen-bond donors (Lipinski definition) is 3. The van der Waals surface area contributed by atoms with Gasteiger partial charge in [0.05, 0.1) is 12.8 Å². The number of amides is 1. The molecule has 0 spiro atoms. The molecule has 1 heterocycles. The summed E-state index contributed by atoms with van der Waals surface area (Å²) in [5.74, 6) is -2.73. The van der Waals surface area contributed by atoms with Crippen LogP contribution in [0.15, 0.2) is 18.7 Å². The van der Waals surface area contributed by atoms with Gasteiger partial charge >= 0.3 is 12.1 Å². The van der Waals surface area contributed by atoms with Crippen molar-refractivity contribution in [3.63, 3.8) is 0 Å². The Balaban J connectivity index is 0.000000516. The van der Waals surface area contributed by atoms with E-state index in [0.717, 1.165) is 31.9 Å². The van der Waals surface area contributed by atoms with Crippen molar-refractivity contribution < 1.29 is 32.6 Å². The first kappa shape index (κ1) is 24.1. The maximum atomic E-state index is 11.5. The largest absolute Gasteiger partial charge is 0.495 e. The van der Waals surface area contributed by atoms with Crippen LogP contribution in [-0.2, 0) is 9.59 Å². The fourth-order valence-electron chi connectivity index (χ4n) is 2.47. The molecular weight excluding hydrogens is 393 g/mol. The number of benzene rings is 1. The predicted octanol–water partition coefficient (Wildman–Crippen LogP) is 1.55. The molecule has 1 aromatic rings. The molecule has 162 valence electrons. The normalized spacial score (nSPS) is 13.6. The lowest BCUT2D eigenvalue weighted by Crippen LogP contribution is -2.42. The number of carbonyl (C=O) groups excluding carboxylic acids is 1. The first-order valence-electron chi connectivity index (χ1n) is 8.58. The average molecular weight is 418 g/mol. The van der Waals surface area contributed by atoms with E-state index >= 15 is 0 Å². The van der Waals surface area contributed by atoms with Crippen molar-refractivity contribution in [2.75, 3.05) is 51.0 Å². The SMILES string of the molecule is C=C(C(N)=O)c1cc(N)c(OC)cc1N(C)CCN1CCC1.O=C(O)C(F)(F)F. The van der Waals surface area contributed by atoms with Gasteiger partial charge in [-0.2, -0.15) is 13.2 Å². The van der Waals surface area contributed by atoms with Crippen LogP contribution in [0.5, 0.6) is 5.75 Å². The number of likely N-dealkylation sites (N-methyl/N-ethyl adjacent to an activating group) is 1. The van der Waals surface area contributed by atoms with Gasteiger partial charge < -0.3 is 31.1 Å². The van der Waals surface area contributed by atoms with Gasteiger partial charge in [-0.1, -0.05) is 6.58 Å². The average Bonchev–Trinajstić information content (AvgIpc) is 2.58. The Morgan fingerprint density at radius 3 is 2.28 bits per heavy atom. The first-order chi connectivity index (χ1) is 13.4. The van der Waals surface area contributed by atoms with E-state index in [1.165, 1.54) is 6.42 Å². The molecule has 1 aromatic carbocycles. The summed E-state index contributed by atoms with van der Waals surface area (Å²) in [5.41, 5.74) is 13.5. The molecule has 0 radical (unpaired) electrons. The Morgan fingerprint density at radius 1 is 1.34 bits per heavy atom. The number of nitrogens with zero attached hydrogens (tertiary/aromatic N) is 2. The Bertz CT molecular complexity index is 764. The summed E-state index contributed by atoms with van der Waals surface area (Å²) < 4.78 is 37.0. The van der Waals surface area contributed by atoms with Gasteiger partial charge in [0, 0.05) is 43.0 Å². The molecule has 0 saturated carbocycles. The summed E-state index contributed by atoms with van der Waals surface area (Å²) in [6.45, 7) is 7.90. The molecule has 0 atom stereocenters. The molecule has 0 aliphatic carbocycles. The topological polar surface area (TPSA) is 122 Å². The molecule has 1 aliphatic rings. The van der Waals surface area contributed by atoms with E-state index in [9.17, 15) is 18.0 Å². The zero-order valence-electron chi connectivity index (χ0n) is 16.3. The number of ether oxygens (including phenoxy) is 1. The van der Waals surface area contributed by atoms with Crippen LogP contribution in [0.25, 0.3) is 5.57 Å². The second-order valence-electron chi connectivity index (χ2n) is 6.37. The Labute approximate surface area is 166 Å². The zero-order chi connectivity index (χ0) is 22.4. The summed E-state index contributed by atoms with van der Waals surface area (Å²) in [6, 6.07) is 3.52. The monoisotopic (exact) mass is 418 g/mol. The van der Waals surface area contributed by atoms with Crippen molar-refractivity contribution in [2.45, 2.75) is 12.6 Å². The van der Waals surface area contributed by atoms with Crippen molar-refractivity contribution in [1.82, 2.24) is 4.90 Å². The van der Waals surface area contributed by atoms with Gasteiger partial charge in [0.2, 0.25) is 5.91 Å². The standard InChI is InChI=1S/C16H24N4O2.C2HF3O2/c1-11(16(18)21)12-9-13(17)15(22-3)10-14(12)19(2)7-8-20-5-4-6-20;3-2(4,5)1(6)7/h9-10H,1,4-8,17H2,2-3H3,(H2,18,21);(H,6,7). The fraction of sp³-hybridized carbons (Fsp3) is 0.444. The number of alkyl halides is 3. The van der Waals surface area contributed by atoms with E-state index in [-0.39, 0.29) is 5.57 Å². The van der Waals surface area contributed by atoms with Crippen LogP contribution in [-0.4, -0.2) is 68.4 Å². The minimum Gasteiger partial charge on any atom is -0.495 e. The van der Waals surface area contributed by atoms with Crippen molar-refractivity contribution in [1.29, 1.82) is 0 Å². The highest BCUT2D eigenvalue weighted by Gasteiger charge is 2.38. The molecule has 1 aliphatic heterocycles. The summed E-state index contributed by atoms with van der Waals surface area (Å²) >= 11 is 0. The highest BCUT2D eigenvalue weighted by molar-refractivity contribution is 6.19. The lowest BCUT2D eigenvalue weighted by atomic mass is 10.0. The lowest BCUT2D eigenvalue weighted by Gasteiger charge is -2.33. The van der Waals surface area contributed by atoms with Gasteiger partial charge in [-0.15, -0.1) is 0 Å². The summed E-state index contributed by atoms with van der Waals surface area (Å²) in [6.07, 6.45) is -3.82. The minimum absolute atomic E-state index is 0.250. The van der Waals surface area contributed by atoms with Gasteiger partial charge in [-0.3, -0.25) is 4.79 Å². The van der Waals surface area contributed by atoms with Crippen LogP contribution in [0, 0.1) is 0 Å². The van der Waals surface area contributed by atoms with Crippen LogP contribution in [0.1, 0.15) is 12.0 Å². The molecule has 1 amide bonds. The first-order valence-corrected chi connectivity index (χ1v) is 8.58. The number of anilines is 2. The Morgan fingerprint density at radius 2 is 1.90 bits per heavy atom. The summed E-state index contributed by atoms with van der Waals surface area (Å²) in [5, 5.41) is 7.12. The second kappa shape index (κ2) is 10.0. The molecule has 0 bridgehead atoms.